The quantitative estimate of drug-likeness (QED) is 0.433. The van der Waals surface area contributed by atoms with Crippen LogP contribution in [-0.4, -0.2) is 62.4 Å². The van der Waals surface area contributed by atoms with E-state index in [0.717, 1.165) is 24.9 Å². The Morgan fingerprint density at radius 1 is 1.31 bits per heavy atom. The Balaban J connectivity index is 1.64. The molecule has 2 aliphatic carbocycles. The van der Waals surface area contributed by atoms with Crippen molar-refractivity contribution in [3.8, 4) is 11.5 Å². The third-order valence-electron chi connectivity index (χ3n) is 6.90. The van der Waals surface area contributed by atoms with Gasteiger partial charge in [0.25, 0.3) is 0 Å². The SMILES string of the molecule is COCC(=O)O[C@H]1C=C[C@H]2[C@H]3Cc4ccc(OC(C)=O)c5c4[C@@]2(CCN3C)[C@H]1O5. The third-order valence-corrected chi connectivity index (χ3v) is 6.90. The molecule has 4 aliphatic rings. The van der Waals surface area contributed by atoms with Crippen LogP contribution in [0.15, 0.2) is 24.3 Å². The molecule has 1 aromatic rings. The van der Waals surface area contributed by atoms with Crippen molar-refractivity contribution in [1.82, 2.24) is 4.90 Å². The summed E-state index contributed by atoms with van der Waals surface area (Å²) >= 11 is 0. The van der Waals surface area contributed by atoms with Gasteiger partial charge in [0.15, 0.2) is 17.6 Å². The summed E-state index contributed by atoms with van der Waals surface area (Å²) < 4.78 is 22.6. The number of ether oxygens (including phenoxy) is 4. The van der Waals surface area contributed by atoms with E-state index in [9.17, 15) is 9.59 Å². The van der Waals surface area contributed by atoms with Crippen molar-refractivity contribution in [3.05, 3.63) is 35.4 Å². The highest BCUT2D eigenvalue weighted by molar-refractivity contribution is 5.73. The normalized spacial score (nSPS) is 33.6. The predicted octanol–water partition coefficient (Wildman–Crippen LogP) is 1.62. The summed E-state index contributed by atoms with van der Waals surface area (Å²) in [7, 11) is 3.63. The molecule has 0 N–H and O–H groups in total. The van der Waals surface area contributed by atoms with Gasteiger partial charge < -0.3 is 23.8 Å². The molecular weight excluding hydrogens is 374 g/mol. The number of likely N-dealkylation sites (tertiary alicyclic amines) is 1. The van der Waals surface area contributed by atoms with Gasteiger partial charge in [-0.05, 0) is 44.1 Å². The van der Waals surface area contributed by atoms with Gasteiger partial charge in [0.2, 0.25) is 0 Å². The zero-order chi connectivity index (χ0) is 20.3. The molecule has 7 heteroatoms. The fraction of sp³-hybridized carbons (Fsp3) is 0.545. The summed E-state index contributed by atoms with van der Waals surface area (Å²) in [5.74, 6) is 0.527. The lowest BCUT2D eigenvalue weighted by molar-refractivity contribution is -0.159. The van der Waals surface area contributed by atoms with Crippen LogP contribution in [0, 0.1) is 5.92 Å². The zero-order valence-electron chi connectivity index (χ0n) is 16.8. The summed E-state index contributed by atoms with van der Waals surface area (Å²) in [4.78, 5) is 26.2. The minimum Gasteiger partial charge on any atom is -0.481 e. The monoisotopic (exact) mass is 399 g/mol. The standard InChI is InChI=1S/C22H25NO6/c1-12(24)27-16-6-4-13-10-15-14-5-7-17(28-18(25)11-26-3)21-22(14,8-9-23(15)2)19(13)20(16)29-21/h4-7,14-15,17,21H,8-11H2,1-3H3/t14-,15+,17-,21-,22-/m0/s1. The smallest absolute Gasteiger partial charge is 0.332 e. The number of carbonyl (C=O) groups is 2. The van der Waals surface area contributed by atoms with Crippen LogP contribution < -0.4 is 9.47 Å². The topological polar surface area (TPSA) is 74.3 Å². The molecule has 0 saturated carbocycles. The molecule has 1 fully saturated rings. The summed E-state index contributed by atoms with van der Waals surface area (Å²) in [6, 6.07) is 4.23. The van der Waals surface area contributed by atoms with E-state index in [1.807, 2.05) is 12.1 Å². The molecule has 1 aromatic carbocycles. The molecule has 1 saturated heterocycles. The number of methoxy groups -OCH3 is 1. The first-order valence-corrected chi connectivity index (χ1v) is 10.0. The first-order chi connectivity index (χ1) is 14.0. The van der Waals surface area contributed by atoms with Crippen molar-refractivity contribution in [2.75, 3.05) is 27.3 Å². The second kappa shape index (κ2) is 6.57. The average Bonchev–Trinajstić information content (AvgIpc) is 3.02. The van der Waals surface area contributed by atoms with E-state index >= 15 is 0 Å². The van der Waals surface area contributed by atoms with Gasteiger partial charge in [0.1, 0.15) is 12.7 Å². The largest absolute Gasteiger partial charge is 0.481 e. The van der Waals surface area contributed by atoms with Gasteiger partial charge in [0, 0.05) is 37.0 Å². The van der Waals surface area contributed by atoms with E-state index in [0.29, 0.717) is 17.5 Å². The lowest BCUT2D eigenvalue weighted by Gasteiger charge is -2.56. The molecule has 7 nitrogen and oxygen atoms in total. The van der Waals surface area contributed by atoms with Crippen LogP contribution in [0.3, 0.4) is 0 Å². The van der Waals surface area contributed by atoms with Crippen molar-refractivity contribution in [2.24, 2.45) is 5.92 Å². The van der Waals surface area contributed by atoms with Gasteiger partial charge in [-0.2, -0.15) is 0 Å². The van der Waals surface area contributed by atoms with E-state index < -0.39 is 12.1 Å². The number of benzene rings is 1. The Hall–Kier alpha value is -2.38. The van der Waals surface area contributed by atoms with Crippen molar-refractivity contribution in [2.45, 2.75) is 43.4 Å². The number of rotatable bonds is 4. The molecule has 0 radical (unpaired) electrons. The molecule has 5 atom stereocenters. The van der Waals surface area contributed by atoms with E-state index in [1.165, 1.54) is 19.6 Å². The number of esters is 2. The molecule has 0 aromatic heterocycles. The first-order valence-electron chi connectivity index (χ1n) is 10.0. The van der Waals surface area contributed by atoms with Crippen molar-refractivity contribution in [3.63, 3.8) is 0 Å². The van der Waals surface area contributed by atoms with Crippen molar-refractivity contribution in [1.29, 1.82) is 0 Å². The fourth-order valence-corrected chi connectivity index (χ4v) is 5.85. The molecule has 2 aliphatic heterocycles. The van der Waals surface area contributed by atoms with Gasteiger partial charge in [-0.25, -0.2) is 4.79 Å². The van der Waals surface area contributed by atoms with Crippen LogP contribution in [0.25, 0.3) is 0 Å². The average molecular weight is 399 g/mol. The molecule has 1 spiro atoms. The molecule has 29 heavy (non-hydrogen) atoms. The van der Waals surface area contributed by atoms with Crippen molar-refractivity contribution >= 4 is 11.9 Å². The molecule has 2 bridgehead atoms. The molecule has 2 heterocycles. The second-order valence-electron chi connectivity index (χ2n) is 8.40. The highest BCUT2D eigenvalue weighted by Gasteiger charge is 2.65. The highest BCUT2D eigenvalue weighted by atomic mass is 16.6. The molecular formula is C22H25NO6. The van der Waals surface area contributed by atoms with Crippen LogP contribution >= 0.6 is 0 Å². The van der Waals surface area contributed by atoms with Crippen molar-refractivity contribution < 1.29 is 28.5 Å². The van der Waals surface area contributed by atoms with Crippen LogP contribution in [0.2, 0.25) is 0 Å². The lowest BCUT2D eigenvalue weighted by Crippen LogP contribution is -2.65. The van der Waals surface area contributed by atoms with Gasteiger partial charge in [0.05, 0.1) is 0 Å². The second-order valence-corrected chi connectivity index (χ2v) is 8.40. The van der Waals surface area contributed by atoms with Crippen LogP contribution in [-0.2, 0) is 30.9 Å². The Morgan fingerprint density at radius 3 is 2.90 bits per heavy atom. The van der Waals surface area contributed by atoms with Gasteiger partial charge in [-0.1, -0.05) is 12.1 Å². The van der Waals surface area contributed by atoms with Crippen LogP contribution in [0.4, 0.5) is 0 Å². The summed E-state index contributed by atoms with van der Waals surface area (Å²) in [5, 5.41) is 0. The molecule has 0 unspecified atom stereocenters. The maximum absolute atomic E-state index is 12.2. The minimum atomic E-state index is -0.513. The Morgan fingerprint density at radius 2 is 2.14 bits per heavy atom. The maximum atomic E-state index is 12.2. The van der Waals surface area contributed by atoms with Gasteiger partial charge in [-0.3, -0.25) is 4.79 Å². The van der Waals surface area contributed by atoms with E-state index in [2.05, 4.69) is 24.1 Å². The Labute approximate surface area is 169 Å². The Bertz CT molecular complexity index is 911. The zero-order valence-corrected chi connectivity index (χ0v) is 16.8. The molecule has 0 amide bonds. The summed E-state index contributed by atoms with van der Waals surface area (Å²) in [6.45, 7) is 2.22. The van der Waals surface area contributed by atoms with Crippen LogP contribution in [0.1, 0.15) is 24.5 Å². The Kier molecular flexibility index (Phi) is 4.22. The molecule has 5 rings (SSSR count). The lowest BCUT2D eigenvalue weighted by atomic mass is 9.53. The number of hydrogen-bond acceptors (Lipinski definition) is 7. The van der Waals surface area contributed by atoms with E-state index in [4.69, 9.17) is 18.9 Å². The van der Waals surface area contributed by atoms with E-state index in [1.54, 1.807) is 0 Å². The number of likely N-dealkylation sites (N-methyl/N-ethyl adjacent to an activating group) is 1. The fourth-order valence-electron chi connectivity index (χ4n) is 5.85. The third kappa shape index (κ3) is 2.57. The predicted molar refractivity (Wildman–Crippen MR) is 103 cm³/mol. The number of hydrogen-bond donors (Lipinski definition) is 0. The van der Waals surface area contributed by atoms with E-state index in [-0.39, 0.29) is 30.0 Å². The molecule has 154 valence electrons. The highest BCUT2D eigenvalue weighted by Crippen LogP contribution is 2.62. The van der Waals surface area contributed by atoms with Gasteiger partial charge >= 0.3 is 11.9 Å². The minimum absolute atomic E-state index is 0.101. The van der Waals surface area contributed by atoms with Gasteiger partial charge in [-0.15, -0.1) is 0 Å². The first kappa shape index (κ1) is 18.6. The number of nitrogens with zero attached hydrogens (tertiary/aromatic N) is 1. The number of carbonyl (C=O) groups excluding carboxylic acids is 2. The number of piperidine rings is 1. The summed E-state index contributed by atoms with van der Waals surface area (Å²) in [6.07, 6.45) is 5.10. The maximum Gasteiger partial charge on any atom is 0.332 e. The van der Waals surface area contributed by atoms with Crippen LogP contribution in [0.5, 0.6) is 11.5 Å². The summed E-state index contributed by atoms with van der Waals surface area (Å²) in [5.41, 5.74) is 2.07.